The van der Waals surface area contributed by atoms with Crippen LogP contribution in [0.3, 0.4) is 0 Å². The summed E-state index contributed by atoms with van der Waals surface area (Å²) in [6, 6.07) is 6.97. The zero-order valence-corrected chi connectivity index (χ0v) is 14.3. The molecule has 2 aromatic heterocycles. The van der Waals surface area contributed by atoms with Gasteiger partial charge in [0, 0.05) is 19.0 Å². The van der Waals surface area contributed by atoms with Crippen LogP contribution in [-0.4, -0.2) is 49.0 Å². The van der Waals surface area contributed by atoms with Gasteiger partial charge in [-0.1, -0.05) is 22.5 Å². The number of carbonyl (C=O) groups is 1. The lowest BCUT2D eigenvalue weighted by Crippen LogP contribution is -2.41. The molecule has 3 heterocycles. The first-order valence-electron chi connectivity index (χ1n) is 8.52. The third kappa shape index (κ3) is 3.07. The first kappa shape index (κ1) is 16.4. The number of amides is 1. The molecule has 26 heavy (non-hydrogen) atoms. The number of benzene rings is 1. The number of hydrogen-bond acceptors (Lipinski definition) is 7. The molecule has 1 saturated heterocycles. The minimum Gasteiger partial charge on any atom is -0.341 e. The van der Waals surface area contributed by atoms with Crippen molar-refractivity contribution in [1.29, 1.82) is 0 Å². The van der Waals surface area contributed by atoms with E-state index in [1.165, 1.54) is 0 Å². The van der Waals surface area contributed by atoms with Crippen molar-refractivity contribution in [1.82, 2.24) is 30.0 Å². The van der Waals surface area contributed by atoms with E-state index >= 15 is 0 Å². The molecule has 1 amide bonds. The molecule has 0 spiro atoms. The van der Waals surface area contributed by atoms with E-state index in [1.54, 1.807) is 36.1 Å². The second-order valence-corrected chi connectivity index (χ2v) is 6.40. The van der Waals surface area contributed by atoms with Crippen molar-refractivity contribution in [2.75, 3.05) is 13.1 Å². The summed E-state index contributed by atoms with van der Waals surface area (Å²) < 4.78 is 6.35. The highest BCUT2D eigenvalue weighted by molar-refractivity contribution is 5.78. The van der Waals surface area contributed by atoms with E-state index in [9.17, 15) is 9.59 Å². The Morgan fingerprint density at radius 3 is 2.77 bits per heavy atom. The molecule has 3 aromatic rings. The summed E-state index contributed by atoms with van der Waals surface area (Å²) in [7, 11) is 0. The number of aryl methyl sites for hydroxylation is 1. The quantitative estimate of drug-likeness (QED) is 0.687. The normalized spacial score (nSPS) is 15.5. The number of aromatic nitrogens is 5. The highest BCUT2D eigenvalue weighted by atomic mass is 16.5. The van der Waals surface area contributed by atoms with Crippen molar-refractivity contribution in [3.63, 3.8) is 0 Å². The molecule has 9 heteroatoms. The maximum Gasteiger partial charge on any atom is 0.278 e. The smallest absolute Gasteiger partial charge is 0.278 e. The average Bonchev–Trinajstić information content (AvgIpc) is 3.11. The summed E-state index contributed by atoms with van der Waals surface area (Å²) in [4.78, 5) is 31.0. The Balaban J connectivity index is 1.43. The van der Waals surface area contributed by atoms with Gasteiger partial charge >= 0.3 is 0 Å². The molecule has 0 aliphatic carbocycles. The lowest BCUT2D eigenvalue weighted by atomic mass is 9.97. The van der Waals surface area contributed by atoms with Gasteiger partial charge in [0.25, 0.3) is 5.56 Å². The zero-order chi connectivity index (χ0) is 18.1. The molecule has 0 N–H and O–H groups in total. The van der Waals surface area contributed by atoms with Crippen LogP contribution in [0.1, 0.15) is 30.5 Å². The number of nitrogens with zero attached hydrogens (tertiary/aromatic N) is 6. The third-order valence-corrected chi connectivity index (χ3v) is 4.65. The van der Waals surface area contributed by atoms with Crippen molar-refractivity contribution in [2.24, 2.45) is 0 Å². The van der Waals surface area contributed by atoms with Crippen molar-refractivity contribution in [3.05, 3.63) is 46.3 Å². The molecular formula is C17H18N6O3. The van der Waals surface area contributed by atoms with E-state index in [2.05, 4.69) is 20.5 Å². The number of hydrogen-bond donors (Lipinski definition) is 0. The fourth-order valence-electron chi connectivity index (χ4n) is 3.21. The van der Waals surface area contributed by atoms with Gasteiger partial charge in [-0.05, 0) is 31.9 Å². The number of carbonyl (C=O) groups excluding carboxylic acids is 1. The van der Waals surface area contributed by atoms with Gasteiger partial charge in [-0.3, -0.25) is 9.59 Å². The number of likely N-dealkylation sites (tertiary alicyclic amines) is 1. The Hall–Kier alpha value is -3.10. The molecule has 1 aromatic carbocycles. The molecule has 0 unspecified atom stereocenters. The summed E-state index contributed by atoms with van der Waals surface area (Å²) in [5, 5.41) is 12.2. The highest BCUT2D eigenvalue weighted by Gasteiger charge is 2.27. The first-order valence-corrected chi connectivity index (χ1v) is 8.52. The predicted molar refractivity (Wildman–Crippen MR) is 91.4 cm³/mol. The van der Waals surface area contributed by atoms with Crippen LogP contribution in [0.15, 0.2) is 33.6 Å². The third-order valence-electron chi connectivity index (χ3n) is 4.65. The maximum absolute atomic E-state index is 12.6. The van der Waals surface area contributed by atoms with Gasteiger partial charge in [0.2, 0.25) is 11.8 Å². The lowest BCUT2D eigenvalue weighted by Gasteiger charge is -2.30. The molecule has 1 aliphatic rings. The SMILES string of the molecule is Cc1noc(C2CCN(C(=O)Cn3nnc4ccccc4c3=O)CC2)n1. The van der Waals surface area contributed by atoms with Crippen molar-refractivity contribution in [2.45, 2.75) is 32.2 Å². The van der Waals surface area contributed by atoms with Gasteiger partial charge < -0.3 is 9.42 Å². The predicted octanol–water partition coefficient (Wildman–Crippen LogP) is 0.889. The van der Waals surface area contributed by atoms with Crippen molar-refractivity contribution >= 4 is 16.8 Å². The first-order chi connectivity index (χ1) is 12.6. The molecule has 1 aliphatic heterocycles. The van der Waals surface area contributed by atoms with Gasteiger partial charge in [-0.25, -0.2) is 4.68 Å². The Morgan fingerprint density at radius 1 is 1.27 bits per heavy atom. The topological polar surface area (TPSA) is 107 Å². The second-order valence-electron chi connectivity index (χ2n) is 6.40. The molecule has 4 rings (SSSR count). The van der Waals surface area contributed by atoms with Gasteiger partial charge in [0.1, 0.15) is 12.1 Å². The van der Waals surface area contributed by atoms with Crippen LogP contribution in [-0.2, 0) is 11.3 Å². The number of fused-ring (bicyclic) bond motifs is 1. The minimum atomic E-state index is -0.305. The molecular weight excluding hydrogens is 336 g/mol. The molecule has 0 saturated carbocycles. The van der Waals surface area contributed by atoms with Crippen molar-refractivity contribution < 1.29 is 9.32 Å². The second kappa shape index (κ2) is 6.66. The summed E-state index contributed by atoms with van der Waals surface area (Å²) in [5.41, 5.74) is 0.219. The Kier molecular flexibility index (Phi) is 4.19. The van der Waals surface area contributed by atoms with Gasteiger partial charge in [-0.2, -0.15) is 4.98 Å². The van der Waals surface area contributed by atoms with E-state index in [-0.39, 0.29) is 23.9 Å². The molecule has 0 bridgehead atoms. The molecule has 134 valence electrons. The Labute approximate surface area is 148 Å². The summed E-state index contributed by atoms with van der Waals surface area (Å²) in [6.07, 6.45) is 1.51. The van der Waals surface area contributed by atoms with Crippen LogP contribution >= 0.6 is 0 Å². The van der Waals surface area contributed by atoms with Gasteiger partial charge in [0.15, 0.2) is 5.82 Å². The summed E-state index contributed by atoms with van der Waals surface area (Å²) in [5.74, 6) is 1.28. The van der Waals surface area contributed by atoms with Crippen LogP contribution in [0.4, 0.5) is 0 Å². The van der Waals surface area contributed by atoms with E-state index in [0.717, 1.165) is 17.5 Å². The van der Waals surface area contributed by atoms with E-state index in [0.29, 0.717) is 35.7 Å². The largest absolute Gasteiger partial charge is 0.341 e. The monoisotopic (exact) mass is 354 g/mol. The van der Waals surface area contributed by atoms with Crippen molar-refractivity contribution in [3.8, 4) is 0 Å². The van der Waals surface area contributed by atoms with Gasteiger partial charge in [-0.15, -0.1) is 5.10 Å². The molecule has 0 radical (unpaired) electrons. The van der Waals surface area contributed by atoms with Crippen LogP contribution in [0.25, 0.3) is 10.9 Å². The van der Waals surface area contributed by atoms with Crippen LogP contribution in [0.5, 0.6) is 0 Å². The fraction of sp³-hybridized carbons (Fsp3) is 0.412. The standard InChI is InChI=1S/C17H18N6O3/c1-11-18-16(26-20-11)12-6-8-22(9-7-12)15(24)10-23-17(25)13-4-2-3-5-14(13)19-21-23/h2-5,12H,6-10H2,1H3. The Bertz CT molecular complexity index is 1000. The molecule has 9 nitrogen and oxygen atoms in total. The van der Waals surface area contributed by atoms with E-state index in [4.69, 9.17) is 4.52 Å². The highest BCUT2D eigenvalue weighted by Crippen LogP contribution is 2.26. The summed E-state index contributed by atoms with van der Waals surface area (Å²) in [6.45, 7) is 2.84. The van der Waals surface area contributed by atoms with Crippen LogP contribution in [0.2, 0.25) is 0 Å². The van der Waals surface area contributed by atoms with E-state index in [1.807, 2.05) is 0 Å². The number of rotatable bonds is 3. The minimum absolute atomic E-state index is 0.110. The maximum atomic E-state index is 12.6. The van der Waals surface area contributed by atoms with Crippen LogP contribution < -0.4 is 5.56 Å². The molecule has 1 fully saturated rings. The van der Waals surface area contributed by atoms with E-state index < -0.39 is 0 Å². The average molecular weight is 354 g/mol. The molecule has 0 atom stereocenters. The zero-order valence-electron chi connectivity index (χ0n) is 14.3. The fourth-order valence-corrected chi connectivity index (χ4v) is 3.21. The summed E-state index contributed by atoms with van der Waals surface area (Å²) >= 11 is 0. The van der Waals surface area contributed by atoms with Gasteiger partial charge in [0.05, 0.1) is 5.39 Å². The Morgan fingerprint density at radius 2 is 2.04 bits per heavy atom. The lowest BCUT2D eigenvalue weighted by molar-refractivity contribution is -0.133. The van der Waals surface area contributed by atoms with Crippen LogP contribution in [0, 0.1) is 6.92 Å². The number of piperidine rings is 1.